The van der Waals surface area contributed by atoms with Gasteiger partial charge in [-0.1, -0.05) is 0 Å². The molecule has 0 unspecified atom stereocenters. The van der Waals surface area contributed by atoms with Crippen LogP contribution in [0.5, 0.6) is 0 Å². The van der Waals surface area contributed by atoms with Crippen molar-refractivity contribution in [3.63, 3.8) is 0 Å². The van der Waals surface area contributed by atoms with Crippen LogP contribution in [-0.2, 0) is 0 Å². The molecule has 26 heavy (non-hydrogen) atoms. The Morgan fingerprint density at radius 1 is 0.769 bits per heavy atom. The summed E-state index contributed by atoms with van der Waals surface area (Å²) < 4.78 is 0. The zero-order chi connectivity index (χ0) is 18.7. The normalized spacial score (nSPS) is 27.5. The molecule has 3 saturated heterocycles. The second kappa shape index (κ2) is 8.89. The van der Waals surface area contributed by atoms with Crippen molar-refractivity contribution in [2.24, 2.45) is 5.92 Å². The van der Waals surface area contributed by atoms with Crippen LogP contribution in [0.2, 0.25) is 0 Å². The van der Waals surface area contributed by atoms with Crippen LogP contribution < -0.4 is 0 Å². The van der Waals surface area contributed by atoms with Gasteiger partial charge in [0.05, 0.1) is 0 Å². The van der Waals surface area contributed by atoms with E-state index in [1.54, 1.807) is 0 Å². The first-order valence-corrected chi connectivity index (χ1v) is 11.3. The van der Waals surface area contributed by atoms with Gasteiger partial charge in [0.15, 0.2) is 0 Å². The van der Waals surface area contributed by atoms with Crippen LogP contribution in [0.25, 0.3) is 0 Å². The first-order chi connectivity index (χ1) is 12.3. The van der Waals surface area contributed by atoms with E-state index in [1.165, 1.54) is 84.6 Å². The van der Waals surface area contributed by atoms with Gasteiger partial charge in [-0.15, -0.1) is 0 Å². The summed E-state index contributed by atoms with van der Waals surface area (Å²) in [5, 5.41) is 0. The maximum Gasteiger partial charge on any atom is 0.0125 e. The molecule has 0 spiro atoms. The third-order valence-electron chi connectivity index (χ3n) is 7.23. The molecule has 3 heterocycles. The standard InChI is InChI=1S/C22H44N4/c1-19(2)24-16-14-23(15-17-24)18-20-6-10-25(11-7-20)21-8-12-26(13-9-21)22(3,4)5/h19-21H,6-18H2,1-5H3. The number of piperazine rings is 1. The third-order valence-corrected chi connectivity index (χ3v) is 7.23. The van der Waals surface area contributed by atoms with Gasteiger partial charge in [0, 0.05) is 63.4 Å². The van der Waals surface area contributed by atoms with Crippen LogP contribution in [0, 0.1) is 5.92 Å². The molecule has 3 aliphatic heterocycles. The molecule has 4 nitrogen and oxygen atoms in total. The SMILES string of the molecule is CC(C)N1CCN(CC2CCN(C3CCN(C(C)(C)C)CC3)CC2)CC1. The fourth-order valence-electron chi connectivity index (χ4n) is 5.23. The monoisotopic (exact) mass is 364 g/mol. The molecule has 4 heteroatoms. The van der Waals surface area contributed by atoms with Crippen molar-refractivity contribution in [1.29, 1.82) is 0 Å². The molecular formula is C22H44N4. The van der Waals surface area contributed by atoms with Gasteiger partial charge < -0.3 is 9.80 Å². The van der Waals surface area contributed by atoms with Crippen molar-refractivity contribution in [2.45, 2.75) is 77.9 Å². The number of hydrogen-bond acceptors (Lipinski definition) is 4. The van der Waals surface area contributed by atoms with Gasteiger partial charge >= 0.3 is 0 Å². The largest absolute Gasteiger partial charge is 0.301 e. The van der Waals surface area contributed by atoms with E-state index in [0.717, 1.165) is 12.0 Å². The second-order valence-electron chi connectivity index (χ2n) is 10.3. The van der Waals surface area contributed by atoms with E-state index < -0.39 is 0 Å². The Kier molecular flexibility index (Phi) is 7.04. The van der Waals surface area contributed by atoms with Gasteiger partial charge in [-0.25, -0.2) is 0 Å². The summed E-state index contributed by atoms with van der Waals surface area (Å²) in [5.41, 5.74) is 0.345. The first kappa shape index (κ1) is 20.6. The molecule has 0 atom stereocenters. The Bertz CT molecular complexity index is 406. The summed E-state index contributed by atoms with van der Waals surface area (Å²) in [4.78, 5) is 10.9. The quantitative estimate of drug-likeness (QED) is 0.760. The lowest BCUT2D eigenvalue weighted by molar-refractivity contribution is 0.0334. The van der Waals surface area contributed by atoms with Crippen LogP contribution in [0.3, 0.4) is 0 Å². The van der Waals surface area contributed by atoms with E-state index in [0.29, 0.717) is 11.6 Å². The zero-order valence-electron chi connectivity index (χ0n) is 18.2. The molecule has 0 amide bonds. The predicted octanol–water partition coefficient (Wildman–Crippen LogP) is 2.99. The average molecular weight is 365 g/mol. The predicted molar refractivity (Wildman–Crippen MR) is 112 cm³/mol. The maximum atomic E-state index is 2.83. The van der Waals surface area contributed by atoms with Gasteiger partial charge in [-0.3, -0.25) is 9.80 Å². The molecule has 0 aromatic heterocycles. The fraction of sp³-hybridized carbons (Fsp3) is 1.00. The second-order valence-corrected chi connectivity index (χ2v) is 10.3. The summed E-state index contributed by atoms with van der Waals surface area (Å²) in [6.07, 6.45) is 5.59. The molecule has 0 radical (unpaired) electrons. The highest BCUT2D eigenvalue weighted by molar-refractivity contribution is 4.88. The van der Waals surface area contributed by atoms with Gasteiger partial charge in [0.2, 0.25) is 0 Å². The molecule has 3 fully saturated rings. The minimum atomic E-state index is 0.345. The highest BCUT2D eigenvalue weighted by atomic mass is 15.3. The molecule has 0 bridgehead atoms. The number of piperidine rings is 2. The van der Waals surface area contributed by atoms with Crippen LogP contribution in [-0.4, -0.2) is 96.1 Å². The van der Waals surface area contributed by atoms with Gasteiger partial charge in [0.25, 0.3) is 0 Å². The summed E-state index contributed by atoms with van der Waals surface area (Å²) in [7, 11) is 0. The lowest BCUT2D eigenvalue weighted by Gasteiger charge is -2.46. The van der Waals surface area contributed by atoms with Crippen molar-refractivity contribution in [3.8, 4) is 0 Å². The van der Waals surface area contributed by atoms with Crippen molar-refractivity contribution < 1.29 is 0 Å². The molecule has 0 aliphatic carbocycles. The van der Waals surface area contributed by atoms with Gasteiger partial charge in [-0.2, -0.15) is 0 Å². The number of rotatable bonds is 4. The topological polar surface area (TPSA) is 13.0 Å². The lowest BCUT2D eigenvalue weighted by Crippen LogP contribution is -2.53. The molecule has 0 aromatic rings. The van der Waals surface area contributed by atoms with Gasteiger partial charge in [-0.05, 0) is 79.3 Å². The van der Waals surface area contributed by atoms with E-state index in [4.69, 9.17) is 0 Å². The minimum absolute atomic E-state index is 0.345. The van der Waals surface area contributed by atoms with E-state index in [9.17, 15) is 0 Å². The third kappa shape index (κ3) is 5.43. The van der Waals surface area contributed by atoms with Crippen LogP contribution in [0.1, 0.15) is 60.3 Å². The van der Waals surface area contributed by atoms with E-state index >= 15 is 0 Å². The molecular weight excluding hydrogens is 320 g/mol. The van der Waals surface area contributed by atoms with Crippen LogP contribution in [0.4, 0.5) is 0 Å². The molecule has 0 N–H and O–H groups in total. The fourth-order valence-corrected chi connectivity index (χ4v) is 5.23. The van der Waals surface area contributed by atoms with Crippen molar-refractivity contribution in [2.75, 3.05) is 58.9 Å². The first-order valence-electron chi connectivity index (χ1n) is 11.3. The molecule has 3 aliphatic rings. The van der Waals surface area contributed by atoms with Crippen LogP contribution >= 0.6 is 0 Å². The summed E-state index contributed by atoms with van der Waals surface area (Å²) in [6, 6.07) is 1.56. The van der Waals surface area contributed by atoms with Gasteiger partial charge in [0.1, 0.15) is 0 Å². The Morgan fingerprint density at radius 2 is 1.35 bits per heavy atom. The highest BCUT2D eigenvalue weighted by Crippen LogP contribution is 2.27. The van der Waals surface area contributed by atoms with Crippen LogP contribution in [0.15, 0.2) is 0 Å². The van der Waals surface area contributed by atoms with E-state index in [1.807, 2.05) is 0 Å². The average Bonchev–Trinajstić information content (AvgIpc) is 2.62. The number of nitrogens with zero attached hydrogens (tertiary/aromatic N) is 4. The summed E-state index contributed by atoms with van der Waals surface area (Å²) in [6.45, 7) is 23.4. The summed E-state index contributed by atoms with van der Waals surface area (Å²) in [5.74, 6) is 0.937. The Balaban J connectivity index is 1.35. The van der Waals surface area contributed by atoms with E-state index in [-0.39, 0.29) is 0 Å². The smallest absolute Gasteiger partial charge is 0.0125 e. The highest BCUT2D eigenvalue weighted by Gasteiger charge is 2.32. The number of likely N-dealkylation sites (tertiary alicyclic amines) is 2. The Hall–Kier alpha value is -0.160. The minimum Gasteiger partial charge on any atom is -0.301 e. The molecule has 0 saturated carbocycles. The summed E-state index contributed by atoms with van der Waals surface area (Å²) >= 11 is 0. The Morgan fingerprint density at radius 3 is 1.85 bits per heavy atom. The maximum absolute atomic E-state index is 2.83. The lowest BCUT2D eigenvalue weighted by atomic mass is 9.91. The van der Waals surface area contributed by atoms with Crippen molar-refractivity contribution in [1.82, 2.24) is 19.6 Å². The van der Waals surface area contributed by atoms with Crippen molar-refractivity contribution in [3.05, 3.63) is 0 Å². The molecule has 0 aromatic carbocycles. The van der Waals surface area contributed by atoms with E-state index in [2.05, 4.69) is 54.2 Å². The van der Waals surface area contributed by atoms with Crippen molar-refractivity contribution >= 4 is 0 Å². The zero-order valence-corrected chi connectivity index (χ0v) is 18.2. The molecule has 3 rings (SSSR count). The number of hydrogen-bond donors (Lipinski definition) is 0. The Labute approximate surface area is 162 Å². The molecule has 152 valence electrons.